The van der Waals surface area contributed by atoms with Crippen LogP contribution in [-0.2, 0) is 6.54 Å². The van der Waals surface area contributed by atoms with Gasteiger partial charge >= 0.3 is 0 Å². The molecule has 0 unspecified atom stereocenters. The monoisotopic (exact) mass is 195 g/mol. The minimum absolute atomic E-state index is 0.0993. The summed E-state index contributed by atoms with van der Waals surface area (Å²) in [6.07, 6.45) is 0.400. The molecule has 0 aliphatic carbocycles. The molecule has 1 rings (SSSR count). The maximum atomic E-state index is 11.7. The van der Waals surface area contributed by atoms with E-state index in [0.29, 0.717) is 13.0 Å². The minimum Gasteiger partial charge on any atom is -0.330 e. The van der Waals surface area contributed by atoms with E-state index >= 15 is 0 Å². The highest BCUT2D eigenvalue weighted by Crippen LogP contribution is 2.14. The van der Waals surface area contributed by atoms with Gasteiger partial charge in [-0.15, -0.1) is 0 Å². The zero-order chi connectivity index (χ0) is 10.7. The summed E-state index contributed by atoms with van der Waals surface area (Å²) in [7, 11) is 0. The number of ketones is 1. The second-order valence-corrected chi connectivity index (χ2v) is 3.32. The average molecular weight is 195 g/mol. The molecular formula is C10H17N3O. The molecule has 0 saturated carbocycles. The van der Waals surface area contributed by atoms with Crippen molar-refractivity contribution in [2.75, 3.05) is 6.54 Å². The topological polar surface area (TPSA) is 60.9 Å². The van der Waals surface area contributed by atoms with Gasteiger partial charge in [-0.25, -0.2) is 0 Å². The summed E-state index contributed by atoms with van der Waals surface area (Å²) in [4.78, 5) is 11.7. The van der Waals surface area contributed by atoms with Gasteiger partial charge in [0.2, 0.25) is 0 Å². The van der Waals surface area contributed by atoms with E-state index in [0.717, 1.165) is 23.5 Å². The maximum Gasteiger partial charge on any atom is 0.167 e. The van der Waals surface area contributed by atoms with E-state index in [9.17, 15) is 4.79 Å². The first kappa shape index (κ1) is 10.9. The van der Waals surface area contributed by atoms with E-state index < -0.39 is 0 Å². The molecule has 0 saturated heterocycles. The summed E-state index contributed by atoms with van der Waals surface area (Å²) < 4.78 is 1.85. The zero-order valence-corrected chi connectivity index (χ0v) is 9.00. The Hall–Kier alpha value is -1.16. The number of hydrogen-bond donors (Lipinski definition) is 1. The second-order valence-electron chi connectivity index (χ2n) is 3.32. The number of aryl methyl sites for hydroxylation is 2. The van der Waals surface area contributed by atoms with Gasteiger partial charge in [-0.2, -0.15) is 5.10 Å². The number of carbonyl (C=O) groups excluding carboxylic acids is 1. The Morgan fingerprint density at radius 3 is 2.57 bits per heavy atom. The van der Waals surface area contributed by atoms with E-state index in [2.05, 4.69) is 5.10 Å². The third-order valence-electron chi connectivity index (χ3n) is 2.33. The Labute approximate surface area is 84.1 Å². The van der Waals surface area contributed by atoms with Crippen LogP contribution in [0.4, 0.5) is 0 Å². The van der Waals surface area contributed by atoms with Crippen LogP contribution >= 0.6 is 0 Å². The van der Waals surface area contributed by atoms with Gasteiger partial charge in [0.1, 0.15) is 0 Å². The van der Waals surface area contributed by atoms with Gasteiger partial charge in [0.05, 0.1) is 11.3 Å². The molecule has 0 bridgehead atoms. The lowest BCUT2D eigenvalue weighted by atomic mass is 10.1. The Balaban J connectivity index is 3.07. The Bertz CT molecular complexity index is 341. The molecule has 14 heavy (non-hydrogen) atoms. The fraction of sp³-hybridized carbons (Fsp3) is 0.600. The van der Waals surface area contributed by atoms with Gasteiger partial charge in [0.25, 0.3) is 0 Å². The SMILES string of the molecule is CCn1nc(C)c(C(=O)CCN)c1C. The third kappa shape index (κ3) is 1.85. The molecule has 0 aliphatic rings. The molecule has 78 valence electrons. The quantitative estimate of drug-likeness (QED) is 0.730. The number of hydrogen-bond acceptors (Lipinski definition) is 3. The summed E-state index contributed by atoms with van der Waals surface area (Å²) in [5.41, 5.74) is 7.86. The molecule has 2 N–H and O–H groups in total. The van der Waals surface area contributed by atoms with E-state index in [1.807, 2.05) is 25.5 Å². The van der Waals surface area contributed by atoms with Crippen molar-refractivity contribution in [1.82, 2.24) is 9.78 Å². The number of rotatable bonds is 4. The molecule has 1 heterocycles. The molecule has 0 spiro atoms. The summed E-state index contributed by atoms with van der Waals surface area (Å²) in [6, 6.07) is 0. The molecule has 4 heteroatoms. The van der Waals surface area contributed by atoms with Crippen molar-refractivity contribution in [2.24, 2.45) is 5.73 Å². The first-order valence-electron chi connectivity index (χ1n) is 4.89. The lowest BCUT2D eigenvalue weighted by Crippen LogP contribution is -2.10. The predicted octanol–water partition coefficient (Wildman–Crippen LogP) is 1.05. The molecule has 0 fully saturated rings. The number of carbonyl (C=O) groups is 1. The second kappa shape index (κ2) is 4.37. The van der Waals surface area contributed by atoms with Crippen LogP contribution in [0.1, 0.15) is 35.1 Å². The van der Waals surface area contributed by atoms with Gasteiger partial charge in [-0.3, -0.25) is 9.48 Å². The lowest BCUT2D eigenvalue weighted by Gasteiger charge is -2.00. The van der Waals surface area contributed by atoms with Gasteiger partial charge in [-0.05, 0) is 27.3 Å². The highest BCUT2D eigenvalue weighted by molar-refractivity contribution is 5.98. The predicted molar refractivity (Wildman–Crippen MR) is 55.4 cm³/mol. The van der Waals surface area contributed by atoms with Gasteiger partial charge in [0.15, 0.2) is 5.78 Å². The molecule has 0 amide bonds. The Morgan fingerprint density at radius 2 is 2.14 bits per heavy atom. The van der Waals surface area contributed by atoms with Crippen molar-refractivity contribution in [3.8, 4) is 0 Å². The summed E-state index contributed by atoms with van der Waals surface area (Å²) >= 11 is 0. The third-order valence-corrected chi connectivity index (χ3v) is 2.33. The molecule has 0 radical (unpaired) electrons. The molecule has 0 aromatic carbocycles. The minimum atomic E-state index is 0.0993. The number of nitrogens with zero attached hydrogens (tertiary/aromatic N) is 2. The van der Waals surface area contributed by atoms with Crippen molar-refractivity contribution >= 4 is 5.78 Å². The van der Waals surface area contributed by atoms with Crippen LogP contribution in [-0.4, -0.2) is 22.1 Å². The summed E-state index contributed by atoms with van der Waals surface area (Å²) in [5.74, 6) is 0.0993. The van der Waals surface area contributed by atoms with Crippen LogP contribution in [0.2, 0.25) is 0 Å². The van der Waals surface area contributed by atoms with Crippen LogP contribution in [0.3, 0.4) is 0 Å². The van der Waals surface area contributed by atoms with E-state index in [-0.39, 0.29) is 5.78 Å². The van der Waals surface area contributed by atoms with Crippen LogP contribution in [0, 0.1) is 13.8 Å². The van der Waals surface area contributed by atoms with Crippen LogP contribution in [0.5, 0.6) is 0 Å². The number of nitrogens with two attached hydrogens (primary N) is 1. The molecule has 1 aromatic heterocycles. The molecule has 4 nitrogen and oxygen atoms in total. The first-order valence-corrected chi connectivity index (χ1v) is 4.89. The Kier molecular flexibility index (Phi) is 3.41. The van der Waals surface area contributed by atoms with Crippen LogP contribution < -0.4 is 5.73 Å². The van der Waals surface area contributed by atoms with Crippen molar-refractivity contribution in [2.45, 2.75) is 33.7 Å². The van der Waals surface area contributed by atoms with Crippen molar-refractivity contribution in [3.05, 3.63) is 17.0 Å². The fourth-order valence-corrected chi connectivity index (χ4v) is 1.66. The highest BCUT2D eigenvalue weighted by Gasteiger charge is 2.16. The first-order chi connectivity index (χ1) is 6.61. The van der Waals surface area contributed by atoms with E-state index in [4.69, 9.17) is 5.73 Å². The highest BCUT2D eigenvalue weighted by atomic mass is 16.1. The normalized spacial score (nSPS) is 10.6. The van der Waals surface area contributed by atoms with Gasteiger partial charge < -0.3 is 5.73 Å². The summed E-state index contributed by atoms with van der Waals surface area (Å²) in [6.45, 7) is 6.99. The number of aromatic nitrogens is 2. The van der Waals surface area contributed by atoms with Crippen molar-refractivity contribution in [3.63, 3.8) is 0 Å². The molecule has 0 atom stereocenters. The van der Waals surface area contributed by atoms with Crippen molar-refractivity contribution in [1.29, 1.82) is 0 Å². The van der Waals surface area contributed by atoms with E-state index in [1.54, 1.807) is 0 Å². The molecule has 1 aromatic rings. The van der Waals surface area contributed by atoms with E-state index in [1.165, 1.54) is 0 Å². The van der Waals surface area contributed by atoms with Crippen molar-refractivity contribution < 1.29 is 4.79 Å². The zero-order valence-electron chi connectivity index (χ0n) is 9.00. The molecular weight excluding hydrogens is 178 g/mol. The van der Waals surface area contributed by atoms with Gasteiger partial charge in [0, 0.05) is 18.7 Å². The number of Topliss-reactive ketones (excluding diaryl/α,β-unsaturated/α-hetero) is 1. The maximum absolute atomic E-state index is 11.7. The standard InChI is InChI=1S/C10H17N3O/c1-4-13-8(3)10(7(2)12-13)9(14)5-6-11/h4-6,11H2,1-3H3. The summed E-state index contributed by atoms with van der Waals surface area (Å²) in [5, 5.41) is 4.29. The average Bonchev–Trinajstić information content (AvgIpc) is 2.41. The van der Waals surface area contributed by atoms with Crippen LogP contribution in [0.15, 0.2) is 0 Å². The fourth-order valence-electron chi connectivity index (χ4n) is 1.66. The largest absolute Gasteiger partial charge is 0.330 e. The smallest absolute Gasteiger partial charge is 0.167 e. The molecule has 0 aliphatic heterocycles. The Morgan fingerprint density at radius 1 is 1.50 bits per heavy atom. The lowest BCUT2D eigenvalue weighted by molar-refractivity contribution is 0.0984. The van der Waals surface area contributed by atoms with Crippen LogP contribution in [0.25, 0.3) is 0 Å². The van der Waals surface area contributed by atoms with Gasteiger partial charge in [-0.1, -0.05) is 0 Å².